The lowest BCUT2D eigenvalue weighted by Crippen LogP contribution is -2.29. The Labute approximate surface area is 99.7 Å². The highest BCUT2D eigenvalue weighted by molar-refractivity contribution is 7.91. The van der Waals surface area contributed by atoms with Crippen molar-refractivity contribution in [3.05, 3.63) is 11.4 Å². The lowest BCUT2D eigenvalue weighted by Gasteiger charge is -2.10. The molecule has 0 aromatic carbocycles. The SMILES string of the molecule is COCC(C)CNS(=O)(=O)c1cc(N)cs1. The van der Waals surface area contributed by atoms with Crippen LogP contribution in [0.3, 0.4) is 0 Å². The summed E-state index contributed by atoms with van der Waals surface area (Å²) in [5.74, 6) is 0.136. The molecule has 0 aliphatic rings. The zero-order chi connectivity index (χ0) is 12.2. The first-order valence-electron chi connectivity index (χ1n) is 4.78. The van der Waals surface area contributed by atoms with Crippen molar-refractivity contribution in [3.8, 4) is 0 Å². The minimum Gasteiger partial charge on any atom is -0.398 e. The summed E-state index contributed by atoms with van der Waals surface area (Å²) in [5.41, 5.74) is 5.95. The van der Waals surface area contributed by atoms with Gasteiger partial charge in [-0.2, -0.15) is 0 Å². The monoisotopic (exact) mass is 264 g/mol. The Balaban J connectivity index is 2.59. The van der Waals surface area contributed by atoms with E-state index in [-0.39, 0.29) is 10.1 Å². The minimum atomic E-state index is -3.42. The largest absolute Gasteiger partial charge is 0.398 e. The molecule has 0 aliphatic carbocycles. The third-order valence-corrected chi connectivity index (χ3v) is 4.81. The summed E-state index contributed by atoms with van der Waals surface area (Å²) >= 11 is 1.11. The molecule has 1 rings (SSSR count). The average molecular weight is 264 g/mol. The molecular formula is C9H16N2O3S2. The van der Waals surface area contributed by atoms with Gasteiger partial charge in [-0.1, -0.05) is 6.92 Å². The molecule has 1 aromatic rings. The van der Waals surface area contributed by atoms with Gasteiger partial charge < -0.3 is 10.5 Å². The lowest BCUT2D eigenvalue weighted by atomic mass is 10.2. The highest BCUT2D eigenvalue weighted by Crippen LogP contribution is 2.21. The first kappa shape index (κ1) is 13.4. The van der Waals surface area contributed by atoms with E-state index < -0.39 is 10.0 Å². The Kier molecular flexibility index (Phi) is 4.72. The van der Waals surface area contributed by atoms with E-state index in [0.717, 1.165) is 11.3 Å². The third-order valence-electron chi connectivity index (χ3n) is 1.93. The zero-order valence-corrected chi connectivity index (χ0v) is 10.9. The average Bonchev–Trinajstić information content (AvgIpc) is 2.63. The number of ether oxygens (including phenoxy) is 1. The number of nitrogens with two attached hydrogens (primary N) is 1. The van der Waals surface area contributed by atoms with Gasteiger partial charge in [-0.25, -0.2) is 13.1 Å². The summed E-state index contributed by atoms with van der Waals surface area (Å²) in [4.78, 5) is 0. The molecule has 92 valence electrons. The molecule has 3 N–H and O–H groups in total. The fourth-order valence-corrected chi connectivity index (χ4v) is 3.43. The first-order chi connectivity index (χ1) is 7.45. The number of rotatable bonds is 6. The summed E-state index contributed by atoms with van der Waals surface area (Å²) in [6.45, 7) is 2.79. The van der Waals surface area contributed by atoms with Crippen LogP contribution in [0.1, 0.15) is 6.92 Å². The van der Waals surface area contributed by atoms with Gasteiger partial charge in [-0.3, -0.25) is 0 Å². The van der Waals surface area contributed by atoms with Gasteiger partial charge in [0.1, 0.15) is 4.21 Å². The van der Waals surface area contributed by atoms with Crippen LogP contribution in [-0.2, 0) is 14.8 Å². The normalized spacial score (nSPS) is 13.9. The molecule has 0 saturated heterocycles. The summed E-state index contributed by atoms with van der Waals surface area (Å²) < 4.78 is 31.2. The summed E-state index contributed by atoms with van der Waals surface area (Å²) in [7, 11) is -1.83. The maximum atomic E-state index is 11.8. The standard InChI is InChI=1S/C9H16N2O3S2/c1-7(5-14-2)4-11-16(12,13)9-3-8(10)6-15-9/h3,6-7,11H,4-5,10H2,1-2H3. The smallest absolute Gasteiger partial charge is 0.250 e. The highest BCUT2D eigenvalue weighted by Gasteiger charge is 2.16. The fraction of sp³-hybridized carbons (Fsp3) is 0.556. The molecule has 1 atom stereocenters. The van der Waals surface area contributed by atoms with Crippen molar-refractivity contribution in [2.45, 2.75) is 11.1 Å². The van der Waals surface area contributed by atoms with E-state index >= 15 is 0 Å². The molecule has 7 heteroatoms. The molecule has 0 saturated carbocycles. The van der Waals surface area contributed by atoms with Gasteiger partial charge >= 0.3 is 0 Å². The van der Waals surface area contributed by atoms with E-state index in [2.05, 4.69) is 4.72 Å². The van der Waals surface area contributed by atoms with Gasteiger partial charge in [0.2, 0.25) is 10.0 Å². The van der Waals surface area contributed by atoms with Gasteiger partial charge in [0, 0.05) is 31.3 Å². The molecule has 1 unspecified atom stereocenters. The van der Waals surface area contributed by atoms with E-state index in [1.54, 1.807) is 12.5 Å². The minimum absolute atomic E-state index is 0.136. The van der Waals surface area contributed by atoms with Gasteiger partial charge in [0.25, 0.3) is 0 Å². The summed E-state index contributed by atoms with van der Waals surface area (Å²) in [6.07, 6.45) is 0. The molecule has 0 fully saturated rings. The quantitative estimate of drug-likeness (QED) is 0.799. The van der Waals surface area contributed by atoms with Crippen LogP contribution in [-0.4, -0.2) is 28.7 Å². The molecule has 0 spiro atoms. The Hall–Kier alpha value is -0.630. The van der Waals surface area contributed by atoms with Crippen molar-refractivity contribution in [3.63, 3.8) is 0 Å². The molecule has 0 radical (unpaired) electrons. The van der Waals surface area contributed by atoms with Gasteiger partial charge in [-0.15, -0.1) is 11.3 Å². The predicted octanol–water partition coefficient (Wildman–Crippen LogP) is 0.891. The second-order valence-electron chi connectivity index (χ2n) is 3.61. The molecule has 1 heterocycles. The number of sulfonamides is 1. The van der Waals surface area contributed by atoms with Gasteiger partial charge in [-0.05, 0) is 12.0 Å². The predicted molar refractivity (Wildman–Crippen MR) is 65.0 cm³/mol. The number of nitrogen functional groups attached to an aromatic ring is 1. The van der Waals surface area contributed by atoms with E-state index in [0.29, 0.717) is 18.8 Å². The number of hydrogen-bond acceptors (Lipinski definition) is 5. The van der Waals surface area contributed by atoms with Crippen molar-refractivity contribution in [1.82, 2.24) is 4.72 Å². The number of thiophene rings is 1. The molecule has 0 aliphatic heterocycles. The Bertz CT molecular complexity index is 428. The van der Waals surface area contributed by atoms with Crippen molar-refractivity contribution in [2.75, 3.05) is 26.0 Å². The van der Waals surface area contributed by atoms with Crippen LogP contribution in [0.4, 0.5) is 5.69 Å². The topological polar surface area (TPSA) is 81.4 Å². The number of anilines is 1. The highest BCUT2D eigenvalue weighted by atomic mass is 32.2. The van der Waals surface area contributed by atoms with Gasteiger partial charge in [0.05, 0.1) is 0 Å². The molecule has 0 bridgehead atoms. The number of methoxy groups -OCH3 is 1. The van der Waals surface area contributed by atoms with Crippen LogP contribution in [0.25, 0.3) is 0 Å². The van der Waals surface area contributed by atoms with Crippen molar-refractivity contribution in [2.24, 2.45) is 5.92 Å². The Morgan fingerprint density at radius 1 is 1.62 bits per heavy atom. The molecule has 0 amide bonds. The zero-order valence-electron chi connectivity index (χ0n) is 9.26. The Morgan fingerprint density at radius 3 is 2.81 bits per heavy atom. The van der Waals surface area contributed by atoms with Crippen LogP contribution < -0.4 is 10.5 Å². The molecule has 16 heavy (non-hydrogen) atoms. The van der Waals surface area contributed by atoms with Crippen LogP contribution in [0.2, 0.25) is 0 Å². The number of hydrogen-bond donors (Lipinski definition) is 2. The van der Waals surface area contributed by atoms with Crippen LogP contribution in [0.5, 0.6) is 0 Å². The van der Waals surface area contributed by atoms with Crippen LogP contribution in [0, 0.1) is 5.92 Å². The van der Waals surface area contributed by atoms with Crippen molar-refractivity contribution >= 4 is 27.0 Å². The summed E-state index contributed by atoms with van der Waals surface area (Å²) in [6, 6.07) is 1.45. The van der Waals surface area contributed by atoms with E-state index in [1.165, 1.54) is 6.07 Å². The fourth-order valence-electron chi connectivity index (χ4n) is 1.14. The molecule has 5 nitrogen and oxygen atoms in total. The maximum absolute atomic E-state index is 11.8. The van der Waals surface area contributed by atoms with Crippen molar-refractivity contribution in [1.29, 1.82) is 0 Å². The maximum Gasteiger partial charge on any atom is 0.250 e. The van der Waals surface area contributed by atoms with Crippen molar-refractivity contribution < 1.29 is 13.2 Å². The second kappa shape index (κ2) is 5.62. The number of nitrogens with one attached hydrogen (secondary N) is 1. The molecule has 1 aromatic heterocycles. The van der Waals surface area contributed by atoms with Crippen LogP contribution >= 0.6 is 11.3 Å². The van der Waals surface area contributed by atoms with Gasteiger partial charge in [0.15, 0.2) is 0 Å². The van der Waals surface area contributed by atoms with E-state index in [1.807, 2.05) is 6.92 Å². The second-order valence-corrected chi connectivity index (χ2v) is 6.52. The third kappa shape index (κ3) is 3.75. The Morgan fingerprint density at radius 2 is 2.31 bits per heavy atom. The van der Waals surface area contributed by atoms with E-state index in [9.17, 15) is 8.42 Å². The lowest BCUT2D eigenvalue weighted by molar-refractivity contribution is 0.161. The van der Waals surface area contributed by atoms with E-state index in [4.69, 9.17) is 10.5 Å². The van der Waals surface area contributed by atoms with Crippen LogP contribution in [0.15, 0.2) is 15.7 Å². The first-order valence-corrected chi connectivity index (χ1v) is 7.14. The molecular weight excluding hydrogens is 248 g/mol. The summed E-state index contributed by atoms with van der Waals surface area (Å²) in [5, 5.41) is 1.60.